The first-order valence-electron chi connectivity index (χ1n) is 3.94. The highest BCUT2D eigenvalue weighted by Gasteiger charge is 2.04. The fourth-order valence-electron chi connectivity index (χ4n) is 0.588. The zero-order valence-electron chi connectivity index (χ0n) is 8.17. The maximum atomic E-state index is 11.7. The van der Waals surface area contributed by atoms with Gasteiger partial charge in [0.1, 0.15) is 0 Å². The Bertz CT molecular complexity index is 256. The molecule has 1 heterocycles. The number of aromatic nitrogens is 2. The van der Waals surface area contributed by atoms with E-state index in [4.69, 9.17) is 0 Å². The third kappa shape index (κ3) is 3.23. The SMILES string of the molecule is CC.COc1ncc(C)c(OF)n1. The van der Waals surface area contributed by atoms with Crippen LogP contribution in [-0.2, 0) is 0 Å². The van der Waals surface area contributed by atoms with Gasteiger partial charge in [-0.3, -0.25) is 4.94 Å². The average molecular weight is 188 g/mol. The lowest BCUT2D eigenvalue weighted by Crippen LogP contribution is -1.94. The van der Waals surface area contributed by atoms with Crippen LogP contribution in [0.15, 0.2) is 6.20 Å². The molecule has 0 aliphatic rings. The van der Waals surface area contributed by atoms with Crippen LogP contribution in [0.4, 0.5) is 4.53 Å². The van der Waals surface area contributed by atoms with Gasteiger partial charge in [-0.25, -0.2) is 4.98 Å². The summed E-state index contributed by atoms with van der Waals surface area (Å²) in [6.45, 7) is 5.63. The third-order valence-electron chi connectivity index (χ3n) is 1.16. The maximum Gasteiger partial charge on any atom is 0.319 e. The highest BCUT2D eigenvalue weighted by Crippen LogP contribution is 2.15. The second kappa shape index (κ2) is 6.16. The topological polar surface area (TPSA) is 44.2 Å². The van der Waals surface area contributed by atoms with E-state index in [1.165, 1.54) is 13.3 Å². The molecule has 0 saturated carbocycles. The molecule has 0 N–H and O–H groups in total. The Balaban J connectivity index is 0.000000671. The zero-order chi connectivity index (χ0) is 10.3. The number of hydrogen-bond donors (Lipinski definition) is 0. The Kier molecular flexibility index (Phi) is 5.50. The molecule has 0 amide bonds. The van der Waals surface area contributed by atoms with Crippen LogP contribution >= 0.6 is 0 Å². The van der Waals surface area contributed by atoms with E-state index in [1.807, 2.05) is 13.8 Å². The molecule has 5 heteroatoms. The molecule has 4 nitrogen and oxygen atoms in total. The molecular formula is C8H13FN2O2. The highest BCUT2D eigenvalue weighted by molar-refractivity contribution is 5.22. The Morgan fingerprint density at radius 1 is 1.38 bits per heavy atom. The number of methoxy groups -OCH3 is 1. The van der Waals surface area contributed by atoms with Gasteiger partial charge in [0.2, 0.25) is 0 Å². The van der Waals surface area contributed by atoms with Crippen molar-refractivity contribution < 1.29 is 14.2 Å². The van der Waals surface area contributed by atoms with Crippen molar-refractivity contribution in [3.63, 3.8) is 0 Å². The summed E-state index contributed by atoms with van der Waals surface area (Å²) < 4.78 is 16.3. The summed E-state index contributed by atoms with van der Waals surface area (Å²) in [6, 6.07) is 0.0863. The van der Waals surface area contributed by atoms with E-state index in [9.17, 15) is 4.53 Å². The lowest BCUT2D eigenvalue weighted by atomic mass is 10.4. The van der Waals surface area contributed by atoms with E-state index in [2.05, 4.69) is 19.6 Å². The second-order valence-corrected chi connectivity index (χ2v) is 1.92. The van der Waals surface area contributed by atoms with Crippen LogP contribution in [0, 0.1) is 6.92 Å². The number of aryl methyl sites for hydroxylation is 1. The van der Waals surface area contributed by atoms with Crippen LogP contribution in [0.25, 0.3) is 0 Å². The summed E-state index contributed by atoms with van der Waals surface area (Å²) in [6.07, 6.45) is 1.42. The molecule has 0 aliphatic heterocycles. The smallest absolute Gasteiger partial charge is 0.319 e. The molecule has 0 aromatic carbocycles. The average Bonchev–Trinajstić information content (AvgIpc) is 2.22. The van der Waals surface area contributed by atoms with E-state index >= 15 is 0 Å². The number of rotatable bonds is 2. The van der Waals surface area contributed by atoms with Gasteiger partial charge in [-0.2, -0.15) is 4.98 Å². The van der Waals surface area contributed by atoms with E-state index in [-0.39, 0.29) is 11.9 Å². The molecule has 0 spiro atoms. The minimum Gasteiger partial charge on any atom is -0.467 e. The molecule has 13 heavy (non-hydrogen) atoms. The second-order valence-electron chi connectivity index (χ2n) is 1.92. The van der Waals surface area contributed by atoms with Gasteiger partial charge >= 0.3 is 6.01 Å². The van der Waals surface area contributed by atoms with Gasteiger partial charge in [-0.05, 0) is 6.92 Å². The minimum atomic E-state index is -0.114. The monoisotopic (exact) mass is 188 g/mol. The first kappa shape index (κ1) is 11.6. The van der Waals surface area contributed by atoms with Crippen LogP contribution in [0.1, 0.15) is 19.4 Å². The first-order valence-corrected chi connectivity index (χ1v) is 3.94. The van der Waals surface area contributed by atoms with Crippen molar-refractivity contribution in [2.75, 3.05) is 7.11 Å². The van der Waals surface area contributed by atoms with Gasteiger partial charge in [-0.15, -0.1) is 0 Å². The fourth-order valence-corrected chi connectivity index (χ4v) is 0.588. The van der Waals surface area contributed by atoms with Crippen molar-refractivity contribution in [1.29, 1.82) is 0 Å². The summed E-state index contributed by atoms with van der Waals surface area (Å²) >= 11 is 0. The normalized spacial score (nSPS) is 8.38. The van der Waals surface area contributed by atoms with Gasteiger partial charge in [0.05, 0.1) is 7.11 Å². The van der Waals surface area contributed by atoms with Crippen molar-refractivity contribution in [3.05, 3.63) is 11.8 Å². The van der Waals surface area contributed by atoms with E-state index in [1.54, 1.807) is 6.92 Å². The van der Waals surface area contributed by atoms with Crippen molar-refractivity contribution in [3.8, 4) is 11.9 Å². The van der Waals surface area contributed by atoms with Crippen molar-refractivity contribution in [2.24, 2.45) is 0 Å². The van der Waals surface area contributed by atoms with E-state index in [0.29, 0.717) is 5.56 Å². The molecule has 0 unspecified atom stereocenters. The van der Waals surface area contributed by atoms with E-state index < -0.39 is 0 Å². The summed E-state index contributed by atoms with van der Waals surface area (Å²) in [4.78, 5) is 10.8. The molecule has 0 aliphatic carbocycles. The van der Waals surface area contributed by atoms with Crippen molar-refractivity contribution >= 4 is 0 Å². The molecule has 74 valence electrons. The van der Waals surface area contributed by atoms with E-state index in [0.717, 1.165) is 0 Å². The first-order chi connectivity index (χ1) is 6.27. The molecule has 0 saturated heterocycles. The Labute approximate surface area is 76.6 Å². The van der Waals surface area contributed by atoms with Gasteiger partial charge in [-0.1, -0.05) is 13.8 Å². The van der Waals surface area contributed by atoms with Gasteiger partial charge in [0.15, 0.2) is 0 Å². The summed E-state index contributed by atoms with van der Waals surface area (Å²) in [5, 5.41) is 0. The molecule has 1 aromatic rings. The molecule has 0 fully saturated rings. The maximum absolute atomic E-state index is 11.7. The number of halogens is 1. The van der Waals surface area contributed by atoms with Crippen LogP contribution in [0.5, 0.6) is 11.9 Å². The van der Waals surface area contributed by atoms with Crippen LogP contribution in [0.3, 0.4) is 0 Å². The number of hydrogen-bond acceptors (Lipinski definition) is 4. The molecule has 0 radical (unpaired) electrons. The lowest BCUT2D eigenvalue weighted by molar-refractivity contribution is -0.0135. The predicted octanol–water partition coefficient (Wildman–Crippen LogP) is 2.08. The highest BCUT2D eigenvalue weighted by atomic mass is 19.3. The lowest BCUT2D eigenvalue weighted by Gasteiger charge is -1.99. The standard InChI is InChI=1S/C6H7FN2O2.C2H6/c1-4-3-8-6(10-2)9-5(4)11-7;1-2/h3H,1-2H3;1-2H3. The third-order valence-corrected chi connectivity index (χ3v) is 1.16. The van der Waals surface area contributed by atoms with Gasteiger partial charge < -0.3 is 4.74 Å². The molecule has 0 atom stereocenters. The predicted molar refractivity (Wildman–Crippen MR) is 46.4 cm³/mol. The number of nitrogens with zero attached hydrogens (tertiary/aromatic N) is 2. The fraction of sp³-hybridized carbons (Fsp3) is 0.500. The van der Waals surface area contributed by atoms with Crippen LogP contribution < -0.4 is 9.68 Å². The van der Waals surface area contributed by atoms with Crippen LogP contribution in [0.2, 0.25) is 0 Å². The molecule has 0 bridgehead atoms. The molecule has 1 aromatic heterocycles. The Hall–Kier alpha value is -1.39. The molecule has 1 rings (SSSR count). The van der Waals surface area contributed by atoms with Gasteiger partial charge in [0, 0.05) is 16.3 Å². The summed E-state index contributed by atoms with van der Waals surface area (Å²) in [5.41, 5.74) is 0.522. The Morgan fingerprint density at radius 2 is 2.00 bits per heavy atom. The van der Waals surface area contributed by atoms with Crippen LogP contribution in [-0.4, -0.2) is 17.1 Å². The summed E-state index contributed by atoms with van der Waals surface area (Å²) in [7, 11) is 1.40. The zero-order valence-corrected chi connectivity index (χ0v) is 8.17. The minimum absolute atomic E-state index is 0.0863. The summed E-state index contributed by atoms with van der Waals surface area (Å²) in [5.74, 6) is -0.114. The quantitative estimate of drug-likeness (QED) is 0.712. The Morgan fingerprint density at radius 3 is 2.46 bits per heavy atom. The molecular weight excluding hydrogens is 175 g/mol. The van der Waals surface area contributed by atoms with Gasteiger partial charge in [0.25, 0.3) is 5.88 Å². The number of ether oxygens (including phenoxy) is 1. The largest absolute Gasteiger partial charge is 0.467 e. The van der Waals surface area contributed by atoms with Crippen molar-refractivity contribution in [2.45, 2.75) is 20.8 Å². The van der Waals surface area contributed by atoms with Crippen molar-refractivity contribution in [1.82, 2.24) is 9.97 Å².